The Bertz CT molecular complexity index is 447. The molecule has 1 aromatic carbocycles. The molecular formula is C13H18N4. The molecule has 1 heterocycles. The molecule has 0 aliphatic heterocycles. The Balaban J connectivity index is 1.97. The number of nitrogens with zero attached hydrogens (tertiary/aromatic N) is 3. The Kier molecular flexibility index (Phi) is 3.75. The van der Waals surface area contributed by atoms with Crippen molar-refractivity contribution in [2.24, 2.45) is 5.92 Å². The summed E-state index contributed by atoms with van der Waals surface area (Å²) < 4.78 is 2.10. The summed E-state index contributed by atoms with van der Waals surface area (Å²) >= 11 is 0. The number of aromatic nitrogens is 3. The molecule has 2 aromatic rings. The average molecular weight is 230 g/mol. The van der Waals surface area contributed by atoms with Gasteiger partial charge in [-0.25, -0.2) is 0 Å². The fourth-order valence-electron chi connectivity index (χ4n) is 1.70. The van der Waals surface area contributed by atoms with E-state index >= 15 is 0 Å². The van der Waals surface area contributed by atoms with Gasteiger partial charge in [0.05, 0.1) is 6.54 Å². The van der Waals surface area contributed by atoms with Crippen molar-refractivity contribution in [1.29, 1.82) is 0 Å². The number of rotatable bonds is 5. The first kappa shape index (κ1) is 11.6. The lowest BCUT2D eigenvalue weighted by molar-refractivity contribution is 0.508. The molecule has 0 bridgehead atoms. The van der Waals surface area contributed by atoms with E-state index < -0.39 is 0 Å². The predicted octanol–water partition coefficient (Wildman–Crippen LogP) is 2.55. The summed E-state index contributed by atoms with van der Waals surface area (Å²) in [5, 5.41) is 11.4. The van der Waals surface area contributed by atoms with Crippen LogP contribution in [0.3, 0.4) is 0 Å². The Morgan fingerprint density at radius 2 is 2.00 bits per heavy atom. The van der Waals surface area contributed by atoms with Gasteiger partial charge in [-0.3, -0.25) is 0 Å². The van der Waals surface area contributed by atoms with Crippen LogP contribution in [0.4, 0.5) is 5.69 Å². The van der Waals surface area contributed by atoms with Crippen LogP contribution in [-0.2, 0) is 13.1 Å². The van der Waals surface area contributed by atoms with Crippen molar-refractivity contribution in [3.8, 4) is 0 Å². The predicted molar refractivity (Wildman–Crippen MR) is 68.6 cm³/mol. The number of hydrogen-bond acceptors (Lipinski definition) is 3. The molecule has 90 valence electrons. The lowest BCUT2D eigenvalue weighted by atomic mass is 10.2. The number of anilines is 1. The molecule has 0 spiro atoms. The molecule has 1 N–H and O–H groups in total. The molecule has 0 aliphatic carbocycles. The number of hydrogen-bond donors (Lipinski definition) is 1. The summed E-state index contributed by atoms with van der Waals surface area (Å²) in [5.74, 6) is 1.57. The molecule has 0 saturated carbocycles. The number of nitrogens with one attached hydrogen (secondary N) is 1. The summed E-state index contributed by atoms with van der Waals surface area (Å²) in [6.07, 6.45) is 1.79. The molecule has 4 heteroatoms. The van der Waals surface area contributed by atoms with E-state index in [9.17, 15) is 0 Å². The van der Waals surface area contributed by atoms with Crippen LogP contribution in [0, 0.1) is 5.92 Å². The molecule has 0 unspecified atom stereocenters. The van der Waals surface area contributed by atoms with Gasteiger partial charge in [0, 0.05) is 12.2 Å². The first-order valence-electron chi connectivity index (χ1n) is 5.91. The van der Waals surface area contributed by atoms with Crippen molar-refractivity contribution in [2.75, 3.05) is 5.32 Å². The second kappa shape index (κ2) is 5.48. The lowest BCUT2D eigenvalue weighted by Gasteiger charge is -2.10. The molecule has 0 radical (unpaired) electrons. The highest BCUT2D eigenvalue weighted by Gasteiger charge is 2.05. The van der Waals surface area contributed by atoms with Gasteiger partial charge in [-0.15, -0.1) is 10.2 Å². The van der Waals surface area contributed by atoms with Crippen molar-refractivity contribution in [2.45, 2.75) is 26.9 Å². The van der Waals surface area contributed by atoms with E-state index in [1.54, 1.807) is 6.33 Å². The fourth-order valence-corrected chi connectivity index (χ4v) is 1.70. The van der Waals surface area contributed by atoms with E-state index in [1.165, 1.54) is 0 Å². The molecular weight excluding hydrogens is 212 g/mol. The molecule has 1 aromatic heterocycles. The standard InChI is InChI=1S/C13H18N4/c1-11(2)9-17-10-15-16-13(17)8-14-12-6-4-3-5-7-12/h3-7,10-11,14H,8-9H2,1-2H3. The van der Waals surface area contributed by atoms with E-state index in [0.717, 1.165) is 18.1 Å². The van der Waals surface area contributed by atoms with E-state index in [4.69, 9.17) is 0 Å². The van der Waals surface area contributed by atoms with Crippen LogP contribution in [0.1, 0.15) is 19.7 Å². The molecule has 17 heavy (non-hydrogen) atoms. The van der Waals surface area contributed by atoms with Gasteiger partial charge in [0.15, 0.2) is 5.82 Å². The number of para-hydroxylation sites is 1. The SMILES string of the molecule is CC(C)Cn1cnnc1CNc1ccccc1. The summed E-state index contributed by atoms with van der Waals surface area (Å²) in [6, 6.07) is 10.1. The summed E-state index contributed by atoms with van der Waals surface area (Å²) in [6.45, 7) is 6.04. The molecule has 0 atom stereocenters. The minimum Gasteiger partial charge on any atom is -0.378 e. The Morgan fingerprint density at radius 3 is 2.71 bits per heavy atom. The van der Waals surface area contributed by atoms with E-state index in [1.807, 2.05) is 30.3 Å². The van der Waals surface area contributed by atoms with Gasteiger partial charge in [-0.1, -0.05) is 32.0 Å². The van der Waals surface area contributed by atoms with Gasteiger partial charge in [-0.05, 0) is 18.1 Å². The van der Waals surface area contributed by atoms with E-state index in [0.29, 0.717) is 12.5 Å². The van der Waals surface area contributed by atoms with Crippen LogP contribution < -0.4 is 5.32 Å². The van der Waals surface area contributed by atoms with E-state index in [2.05, 4.69) is 33.9 Å². The van der Waals surface area contributed by atoms with Crippen LogP contribution >= 0.6 is 0 Å². The van der Waals surface area contributed by atoms with Crippen LogP contribution in [0.15, 0.2) is 36.7 Å². The van der Waals surface area contributed by atoms with Gasteiger partial charge in [0.1, 0.15) is 6.33 Å². The van der Waals surface area contributed by atoms with Crippen LogP contribution in [-0.4, -0.2) is 14.8 Å². The molecule has 0 amide bonds. The van der Waals surface area contributed by atoms with Crippen LogP contribution in [0.25, 0.3) is 0 Å². The van der Waals surface area contributed by atoms with Crippen molar-refractivity contribution in [3.05, 3.63) is 42.5 Å². The summed E-state index contributed by atoms with van der Waals surface area (Å²) in [7, 11) is 0. The summed E-state index contributed by atoms with van der Waals surface area (Å²) in [5.41, 5.74) is 1.10. The zero-order valence-electron chi connectivity index (χ0n) is 10.3. The lowest BCUT2D eigenvalue weighted by Crippen LogP contribution is -2.11. The smallest absolute Gasteiger partial charge is 0.152 e. The highest BCUT2D eigenvalue weighted by atomic mass is 15.3. The van der Waals surface area contributed by atoms with Gasteiger partial charge >= 0.3 is 0 Å². The van der Waals surface area contributed by atoms with Gasteiger partial charge in [0.25, 0.3) is 0 Å². The zero-order chi connectivity index (χ0) is 12.1. The third-order valence-electron chi connectivity index (χ3n) is 2.48. The first-order chi connectivity index (χ1) is 8.25. The minimum absolute atomic E-state index is 0.599. The summed E-state index contributed by atoms with van der Waals surface area (Å²) in [4.78, 5) is 0. The quantitative estimate of drug-likeness (QED) is 0.858. The minimum atomic E-state index is 0.599. The topological polar surface area (TPSA) is 42.7 Å². The van der Waals surface area contributed by atoms with Gasteiger partial charge in [0.2, 0.25) is 0 Å². The van der Waals surface area contributed by atoms with Crippen LogP contribution in [0.2, 0.25) is 0 Å². The van der Waals surface area contributed by atoms with Crippen molar-refractivity contribution < 1.29 is 0 Å². The van der Waals surface area contributed by atoms with Gasteiger partial charge in [-0.2, -0.15) is 0 Å². The highest BCUT2D eigenvalue weighted by molar-refractivity contribution is 5.42. The maximum atomic E-state index is 4.13. The third-order valence-corrected chi connectivity index (χ3v) is 2.48. The molecule has 2 rings (SSSR count). The fraction of sp³-hybridized carbons (Fsp3) is 0.385. The second-order valence-corrected chi connectivity index (χ2v) is 4.51. The Hall–Kier alpha value is -1.84. The molecule has 4 nitrogen and oxygen atoms in total. The molecule has 0 aliphatic rings. The maximum Gasteiger partial charge on any atom is 0.152 e. The Morgan fingerprint density at radius 1 is 1.24 bits per heavy atom. The van der Waals surface area contributed by atoms with Crippen LogP contribution in [0.5, 0.6) is 0 Å². The monoisotopic (exact) mass is 230 g/mol. The van der Waals surface area contributed by atoms with Crippen molar-refractivity contribution in [1.82, 2.24) is 14.8 Å². The maximum absolute atomic E-state index is 4.13. The molecule has 0 fully saturated rings. The Labute approximate surface area is 102 Å². The second-order valence-electron chi connectivity index (χ2n) is 4.51. The van der Waals surface area contributed by atoms with Gasteiger partial charge < -0.3 is 9.88 Å². The highest BCUT2D eigenvalue weighted by Crippen LogP contribution is 2.08. The van der Waals surface area contributed by atoms with Crippen molar-refractivity contribution in [3.63, 3.8) is 0 Å². The molecule has 0 saturated heterocycles. The number of benzene rings is 1. The average Bonchev–Trinajstić information content (AvgIpc) is 2.74. The normalized spacial score (nSPS) is 10.8. The first-order valence-corrected chi connectivity index (χ1v) is 5.91. The largest absolute Gasteiger partial charge is 0.378 e. The van der Waals surface area contributed by atoms with E-state index in [-0.39, 0.29) is 0 Å². The zero-order valence-corrected chi connectivity index (χ0v) is 10.3. The van der Waals surface area contributed by atoms with Crippen molar-refractivity contribution >= 4 is 5.69 Å². The third kappa shape index (κ3) is 3.31.